The van der Waals surface area contributed by atoms with Gasteiger partial charge < -0.3 is 20.2 Å². The van der Waals surface area contributed by atoms with Gasteiger partial charge in [0.1, 0.15) is 11.4 Å². The van der Waals surface area contributed by atoms with Crippen LogP contribution in [0.2, 0.25) is 0 Å². The third-order valence-electron chi connectivity index (χ3n) is 7.84. The number of aliphatic hydroxyl groups excluding tert-OH is 1. The van der Waals surface area contributed by atoms with Gasteiger partial charge in [0, 0.05) is 56.4 Å². The number of thiophene rings is 1. The third-order valence-corrected chi connectivity index (χ3v) is 8.52. The smallest absolute Gasteiger partial charge is 0.270 e. The van der Waals surface area contributed by atoms with Gasteiger partial charge in [-0.05, 0) is 62.4 Å². The quantitative estimate of drug-likeness (QED) is 0.458. The molecule has 2 saturated heterocycles. The fourth-order valence-electron chi connectivity index (χ4n) is 5.67. The molecule has 2 atom stereocenters. The number of amides is 2. The Morgan fingerprint density at radius 2 is 2.03 bits per heavy atom. The minimum absolute atomic E-state index is 0.0525. The van der Waals surface area contributed by atoms with Gasteiger partial charge in [0.15, 0.2) is 5.65 Å². The van der Waals surface area contributed by atoms with Crippen LogP contribution in [0, 0.1) is 5.92 Å². The van der Waals surface area contributed by atoms with Gasteiger partial charge in [0.25, 0.3) is 11.8 Å². The van der Waals surface area contributed by atoms with Gasteiger partial charge in [-0.3, -0.25) is 18.9 Å². The zero-order chi connectivity index (χ0) is 26.6. The highest BCUT2D eigenvalue weighted by Gasteiger charge is 2.29. The van der Waals surface area contributed by atoms with Crippen LogP contribution >= 0.6 is 11.3 Å². The Hall–Kier alpha value is -2.79. The number of fused-ring (bicyclic) bond motifs is 1. The molecule has 10 heteroatoms. The number of carbonyl (C=O) groups excluding carboxylic acids is 2. The summed E-state index contributed by atoms with van der Waals surface area (Å²) in [6.45, 7) is 8.33. The lowest BCUT2D eigenvalue weighted by Gasteiger charge is -2.38. The van der Waals surface area contributed by atoms with Crippen molar-refractivity contribution in [2.45, 2.75) is 32.2 Å². The van der Waals surface area contributed by atoms with Crippen LogP contribution in [-0.2, 0) is 0 Å². The molecular formula is C28H38N6O3S. The van der Waals surface area contributed by atoms with Crippen molar-refractivity contribution in [1.82, 2.24) is 29.4 Å². The Kier molecular flexibility index (Phi) is 8.42. The molecule has 3 aromatic rings. The summed E-state index contributed by atoms with van der Waals surface area (Å²) in [5.74, 6) is 0.336. The Labute approximate surface area is 228 Å². The predicted molar refractivity (Wildman–Crippen MR) is 150 cm³/mol. The van der Waals surface area contributed by atoms with Crippen molar-refractivity contribution >= 4 is 28.8 Å². The third kappa shape index (κ3) is 5.63. The molecule has 38 heavy (non-hydrogen) atoms. The van der Waals surface area contributed by atoms with Crippen LogP contribution in [0.5, 0.6) is 0 Å². The van der Waals surface area contributed by atoms with Gasteiger partial charge in [-0.25, -0.2) is 4.98 Å². The van der Waals surface area contributed by atoms with Crippen molar-refractivity contribution in [1.29, 1.82) is 0 Å². The molecule has 2 fully saturated rings. The second-order valence-corrected chi connectivity index (χ2v) is 11.3. The highest BCUT2D eigenvalue weighted by atomic mass is 32.1. The number of nitrogens with one attached hydrogen (secondary N) is 1. The Morgan fingerprint density at radius 3 is 2.71 bits per heavy atom. The number of likely N-dealkylation sites (tertiary alicyclic amines) is 1. The summed E-state index contributed by atoms with van der Waals surface area (Å²) in [5, 5.41) is 16.4. The van der Waals surface area contributed by atoms with Crippen LogP contribution in [-0.4, -0.2) is 107 Å². The average Bonchev–Trinajstić information content (AvgIpc) is 3.60. The molecule has 2 amide bonds. The minimum atomic E-state index is -0.349. The van der Waals surface area contributed by atoms with Crippen molar-refractivity contribution in [3.63, 3.8) is 0 Å². The number of aromatic nitrogens is 2. The number of piperidine rings is 1. The fourth-order valence-corrected chi connectivity index (χ4v) is 6.31. The topological polar surface area (TPSA) is 93.4 Å². The minimum Gasteiger partial charge on any atom is -0.394 e. The zero-order valence-electron chi connectivity index (χ0n) is 22.3. The first-order valence-corrected chi connectivity index (χ1v) is 14.6. The molecule has 9 nitrogen and oxygen atoms in total. The Bertz CT molecular complexity index is 1250. The standard InChI is InChI=1S/C28H38N6O3S/c1-3-22(18-35)29-27(36)25-24(21-8-15-38-19-21)30-26-23(7-5-10-34(25)26)28(37)33-13-11-32(12-14-33)17-20-6-4-9-31(2)16-20/h5,7-8,10,15,19-20,22,35H,3-4,6,9,11-14,16-18H2,1-2H3,(H,29,36)/t20?,22-/m0/s1. The van der Waals surface area contributed by atoms with Gasteiger partial charge in [-0.15, -0.1) is 0 Å². The number of rotatable bonds is 8. The average molecular weight is 539 g/mol. The first kappa shape index (κ1) is 26.8. The van der Waals surface area contributed by atoms with Crippen molar-refractivity contribution in [2.75, 3.05) is 59.5 Å². The highest BCUT2D eigenvalue weighted by molar-refractivity contribution is 7.08. The summed E-state index contributed by atoms with van der Waals surface area (Å²) < 4.78 is 1.72. The van der Waals surface area contributed by atoms with Crippen molar-refractivity contribution < 1.29 is 14.7 Å². The molecule has 1 unspecified atom stereocenters. The molecule has 2 aliphatic heterocycles. The molecule has 0 radical (unpaired) electrons. The summed E-state index contributed by atoms with van der Waals surface area (Å²) in [6.07, 6.45) is 4.94. The van der Waals surface area contributed by atoms with Crippen LogP contribution in [0.1, 0.15) is 47.0 Å². The first-order valence-electron chi connectivity index (χ1n) is 13.6. The number of piperazine rings is 1. The van der Waals surface area contributed by atoms with E-state index in [9.17, 15) is 14.7 Å². The SMILES string of the molecule is CC[C@@H](CO)NC(=O)c1c(-c2ccsc2)nc2c(C(=O)N3CCN(CC4CCCN(C)C4)CC3)cccn12. The van der Waals surface area contributed by atoms with E-state index in [0.29, 0.717) is 48.0 Å². The lowest BCUT2D eigenvalue weighted by Crippen LogP contribution is -2.51. The van der Waals surface area contributed by atoms with Gasteiger partial charge in [-0.2, -0.15) is 11.3 Å². The van der Waals surface area contributed by atoms with Crippen molar-refractivity contribution in [3.8, 4) is 11.3 Å². The first-order chi connectivity index (χ1) is 18.5. The second-order valence-electron chi connectivity index (χ2n) is 10.6. The number of carbonyl (C=O) groups is 2. The van der Waals surface area contributed by atoms with Crippen LogP contribution < -0.4 is 5.32 Å². The Balaban J connectivity index is 1.37. The summed E-state index contributed by atoms with van der Waals surface area (Å²) in [6, 6.07) is 5.18. The van der Waals surface area contributed by atoms with Gasteiger partial charge >= 0.3 is 0 Å². The van der Waals surface area contributed by atoms with E-state index in [1.807, 2.05) is 28.7 Å². The van der Waals surface area contributed by atoms with Crippen molar-refractivity contribution in [2.24, 2.45) is 5.92 Å². The van der Waals surface area contributed by atoms with Crippen LogP contribution in [0.15, 0.2) is 35.2 Å². The molecule has 2 N–H and O–H groups in total. The second kappa shape index (κ2) is 11.9. The summed E-state index contributed by atoms with van der Waals surface area (Å²) in [4.78, 5) is 38.8. The predicted octanol–water partition coefficient (Wildman–Crippen LogP) is 2.66. The van der Waals surface area contributed by atoms with Crippen LogP contribution in [0.25, 0.3) is 16.9 Å². The molecule has 5 heterocycles. The number of hydrogen-bond acceptors (Lipinski definition) is 7. The van der Waals surface area contributed by atoms with E-state index in [2.05, 4.69) is 22.2 Å². The van der Waals surface area contributed by atoms with Crippen LogP contribution in [0.4, 0.5) is 0 Å². The lowest BCUT2D eigenvalue weighted by atomic mass is 9.97. The van der Waals surface area contributed by atoms with E-state index in [4.69, 9.17) is 4.98 Å². The van der Waals surface area contributed by atoms with E-state index >= 15 is 0 Å². The van der Waals surface area contributed by atoms with E-state index in [-0.39, 0.29) is 24.5 Å². The number of aliphatic hydroxyl groups is 1. The van der Waals surface area contributed by atoms with Gasteiger partial charge in [-0.1, -0.05) is 6.92 Å². The van der Waals surface area contributed by atoms with E-state index < -0.39 is 0 Å². The van der Waals surface area contributed by atoms with Crippen LogP contribution in [0.3, 0.4) is 0 Å². The fraction of sp³-hybridized carbons (Fsp3) is 0.536. The molecular weight excluding hydrogens is 500 g/mol. The zero-order valence-corrected chi connectivity index (χ0v) is 23.1. The molecule has 0 saturated carbocycles. The van der Waals surface area contributed by atoms with Gasteiger partial charge in [0.05, 0.1) is 18.2 Å². The van der Waals surface area contributed by atoms with E-state index in [1.54, 1.807) is 22.7 Å². The molecule has 0 bridgehead atoms. The number of pyridine rings is 1. The maximum atomic E-state index is 13.7. The van der Waals surface area contributed by atoms with E-state index in [0.717, 1.165) is 31.7 Å². The number of imidazole rings is 1. The molecule has 5 rings (SSSR count). The van der Waals surface area contributed by atoms with Gasteiger partial charge in [0.2, 0.25) is 0 Å². The summed E-state index contributed by atoms with van der Waals surface area (Å²) in [5.41, 5.74) is 2.73. The normalized spacial score (nSPS) is 20.1. The maximum Gasteiger partial charge on any atom is 0.270 e. The van der Waals surface area contributed by atoms with Crippen molar-refractivity contribution in [3.05, 3.63) is 46.4 Å². The lowest BCUT2D eigenvalue weighted by molar-refractivity contribution is 0.0589. The molecule has 2 aliphatic rings. The maximum absolute atomic E-state index is 13.7. The number of hydrogen-bond donors (Lipinski definition) is 2. The Morgan fingerprint density at radius 1 is 1.21 bits per heavy atom. The summed E-state index contributed by atoms with van der Waals surface area (Å²) >= 11 is 1.53. The monoisotopic (exact) mass is 538 g/mol. The molecule has 0 aromatic carbocycles. The molecule has 0 aliphatic carbocycles. The largest absolute Gasteiger partial charge is 0.394 e. The number of nitrogens with zero attached hydrogens (tertiary/aromatic N) is 5. The molecule has 0 spiro atoms. The highest BCUT2D eigenvalue weighted by Crippen LogP contribution is 2.28. The van der Waals surface area contributed by atoms with E-state index in [1.165, 1.54) is 30.7 Å². The molecule has 3 aromatic heterocycles. The summed E-state index contributed by atoms with van der Waals surface area (Å²) in [7, 11) is 2.20. The molecule has 204 valence electrons.